The van der Waals surface area contributed by atoms with Gasteiger partial charge in [0.25, 0.3) is 5.22 Å². The molecule has 2 aromatic rings. The fourth-order valence-electron chi connectivity index (χ4n) is 1.35. The summed E-state index contributed by atoms with van der Waals surface area (Å²) in [7, 11) is 0. The molecule has 0 amide bonds. The standard InChI is InChI=1S/C11H8Cl2N2O3S/c12-7-2-1-3-8(13)6(7)4-9-14-11(18-15-9)19-5-10(16)17/h1-3H,4-5H2,(H,16,17). The van der Waals surface area contributed by atoms with Crippen molar-refractivity contribution in [3.63, 3.8) is 0 Å². The maximum Gasteiger partial charge on any atom is 0.314 e. The van der Waals surface area contributed by atoms with Crippen LogP contribution in [0.15, 0.2) is 27.9 Å². The number of rotatable bonds is 5. The van der Waals surface area contributed by atoms with Crippen LogP contribution < -0.4 is 0 Å². The van der Waals surface area contributed by atoms with Crippen LogP contribution in [0.5, 0.6) is 0 Å². The van der Waals surface area contributed by atoms with E-state index in [1.54, 1.807) is 18.2 Å². The molecule has 5 nitrogen and oxygen atoms in total. The van der Waals surface area contributed by atoms with Crippen LogP contribution in [-0.4, -0.2) is 27.0 Å². The number of hydrogen-bond donors (Lipinski definition) is 1. The molecule has 0 radical (unpaired) electrons. The van der Waals surface area contributed by atoms with Gasteiger partial charge >= 0.3 is 5.97 Å². The van der Waals surface area contributed by atoms with Gasteiger partial charge in [-0.05, 0) is 17.7 Å². The second-order valence-corrected chi connectivity index (χ2v) is 5.28. The topological polar surface area (TPSA) is 76.2 Å². The van der Waals surface area contributed by atoms with Crippen LogP contribution in [0.25, 0.3) is 0 Å². The first-order valence-electron chi connectivity index (χ1n) is 5.16. The second kappa shape index (κ2) is 6.27. The number of nitrogens with zero attached hydrogens (tertiary/aromatic N) is 2. The number of carbonyl (C=O) groups is 1. The van der Waals surface area contributed by atoms with Crippen LogP contribution in [0, 0.1) is 0 Å². The Morgan fingerprint density at radius 2 is 2.05 bits per heavy atom. The molecule has 1 aromatic heterocycles. The maximum atomic E-state index is 10.4. The molecule has 0 fully saturated rings. The molecule has 0 aliphatic carbocycles. The molecular weight excluding hydrogens is 311 g/mol. The van der Waals surface area contributed by atoms with E-state index in [9.17, 15) is 4.79 Å². The number of halogens is 2. The van der Waals surface area contributed by atoms with Gasteiger partial charge in [0.15, 0.2) is 5.82 Å². The first-order valence-corrected chi connectivity index (χ1v) is 6.90. The van der Waals surface area contributed by atoms with Crippen LogP contribution in [-0.2, 0) is 11.2 Å². The van der Waals surface area contributed by atoms with Crippen molar-refractivity contribution in [2.24, 2.45) is 0 Å². The number of hydrogen-bond acceptors (Lipinski definition) is 5. The van der Waals surface area contributed by atoms with Gasteiger partial charge < -0.3 is 9.63 Å². The lowest BCUT2D eigenvalue weighted by Crippen LogP contribution is -1.97. The van der Waals surface area contributed by atoms with Gasteiger partial charge in [-0.2, -0.15) is 4.98 Å². The van der Waals surface area contributed by atoms with E-state index in [2.05, 4.69) is 10.1 Å². The number of benzene rings is 1. The second-order valence-electron chi connectivity index (χ2n) is 3.54. The van der Waals surface area contributed by atoms with Gasteiger partial charge in [0.05, 0.1) is 0 Å². The normalized spacial score (nSPS) is 10.6. The number of carboxylic acid groups (broad SMARTS) is 1. The fraction of sp³-hybridized carbons (Fsp3) is 0.182. The third-order valence-electron chi connectivity index (χ3n) is 2.17. The number of aliphatic carboxylic acids is 1. The van der Waals surface area contributed by atoms with Gasteiger partial charge in [-0.15, -0.1) is 0 Å². The Morgan fingerprint density at radius 3 is 2.68 bits per heavy atom. The summed E-state index contributed by atoms with van der Waals surface area (Å²) in [4.78, 5) is 14.5. The summed E-state index contributed by atoms with van der Waals surface area (Å²) in [6.45, 7) is 0. The van der Waals surface area contributed by atoms with Gasteiger partial charge in [0.2, 0.25) is 0 Å². The Labute approximate surface area is 122 Å². The van der Waals surface area contributed by atoms with E-state index in [1.165, 1.54) is 0 Å². The zero-order chi connectivity index (χ0) is 13.8. The lowest BCUT2D eigenvalue weighted by molar-refractivity contribution is -0.133. The summed E-state index contributed by atoms with van der Waals surface area (Å²) in [5.41, 5.74) is 0.710. The Hall–Kier alpha value is -1.24. The van der Waals surface area contributed by atoms with Gasteiger partial charge in [-0.25, -0.2) is 0 Å². The molecule has 100 valence electrons. The van der Waals surface area contributed by atoms with Crippen molar-refractivity contribution in [3.05, 3.63) is 39.6 Å². The summed E-state index contributed by atoms with van der Waals surface area (Å²) in [6.07, 6.45) is 0.329. The molecule has 2 rings (SSSR count). The van der Waals surface area contributed by atoms with Crippen molar-refractivity contribution >= 4 is 40.9 Å². The minimum absolute atomic E-state index is 0.130. The summed E-state index contributed by atoms with van der Waals surface area (Å²) in [5, 5.41) is 13.6. The van der Waals surface area contributed by atoms with E-state index in [1.807, 2.05) is 0 Å². The average molecular weight is 319 g/mol. The van der Waals surface area contributed by atoms with Crippen molar-refractivity contribution in [3.8, 4) is 0 Å². The molecule has 0 aliphatic heterocycles. The van der Waals surface area contributed by atoms with E-state index < -0.39 is 5.97 Å². The van der Waals surface area contributed by atoms with Crippen molar-refractivity contribution < 1.29 is 14.4 Å². The predicted octanol–water partition coefficient (Wildman–Crippen LogP) is 3.14. The highest BCUT2D eigenvalue weighted by molar-refractivity contribution is 7.99. The number of carboxylic acids is 1. The Bertz CT molecular complexity index is 583. The van der Waals surface area contributed by atoms with Crippen molar-refractivity contribution in [1.29, 1.82) is 0 Å². The molecule has 0 spiro atoms. The molecule has 1 aromatic carbocycles. The monoisotopic (exact) mass is 318 g/mol. The molecule has 0 saturated carbocycles. The fourth-order valence-corrected chi connectivity index (χ4v) is 2.39. The van der Waals surface area contributed by atoms with Gasteiger partial charge in [-0.3, -0.25) is 4.79 Å². The van der Waals surface area contributed by atoms with Gasteiger partial charge in [0.1, 0.15) is 5.75 Å². The summed E-state index contributed by atoms with van der Waals surface area (Å²) >= 11 is 13.0. The molecule has 0 unspecified atom stereocenters. The van der Waals surface area contributed by atoms with Crippen LogP contribution in [0.2, 0.25) is 10.0 Å². The van der Waals surface area contributed by atoms with Crippen molar-refractivity contribution in [1.82, 2.24) is 10.1 Å². The highest BCUT2D eigenvalue weighted by atomic mass is 35.5. The summed E-state index contributed by atoms with van der Waals surface area (Å²) < 4.78 is 4.92. The van der Waals surface area contributed by atoms with Gasteiger partial charge in [-0.1, -0.05) is 46.2 Å². The summed E-state index contributed by atoms with van der Waals surface area (Å²) in [6, 6.07) is 5.20. The lowest BCUT2D eigenvalue weighted by atomic mass is 10.1. The molecule has 0 atom stereocenters. The van der Waals surface area contributed by atoms with Gasteiger partial charge in [0, 0.05) is 16.5 Å². The summed E-state index contributed by atoms with van der Waals surface area (Å²) in [5.74, 6) is -0.670. The number of thioether (sulfide) groups is 1. The van der Waals surface area contributed by atoms with E-state index in [0.717, 1.165) is 11.8 Å². The Balaban J connectivity index is 2.09. The van der Waals surface area contributed by atoms with Crippen LogP contribution in [0.3, 0.4) is 0 Å². The minimum Gasteiger partial charge on any atom is -0.481 e. The van der Waals surface area contributed by atoms with E-state index in [0.29, 0.717) is 27.9 Å². The van der Waals surface area contributed by atoms with Crippen LogP contribution in [0.1, 0.15) is 11.4 Å². The van der Waals surface area contributed by atoms with Crippen LogP contribution >= 0.6 is 35.0 Å². The zero-order valence-electron chi connectivity index (χ0n) is 9.47. The van der Waals surface area contributed by atoms with Crippen molar-refractivity contribution in [2.45, 2.75) is 11.6 Å². The molecule has 0 saturated heterocycles. The van der Waals surface area contributed by atoms with E-state index in [-0.39, 0.29) is 11.0 Å². The SMILES string of the molecule is O=C(O)CSc1nc(Cc2c(Cl)cccc2Cl)no1. The Morgan fingerprint density at radius 1 is 1.37 bits per heavy atom. The third-order valence-corrected chi connectivity index (χ3v) is 3.68. The first kappa shape index (κ1) is 14.2. The highest BCUT2D eigenvalue weighted by Crippen LogP contribution is 2.26. The third kappa shape index (κ3) is 3.86. The minimum atomic E-state index is -0.945. The largest absolute Gasteiger partial charge is 0.481 e. The number of aromatic nitrogens is 2. The maximum absolute atomic E-state index is 10.4. The Kier molecular flexibility index (Phi) is 4.68. The quantitative estimate of drug-likeness (QED) is 0.853. The van der Waals surface area contributed by atoms with E-state index >= 15 is 0 Å². The smallest absolute Gasteiger partial charge is 0.314 e. The molecular formula is C11H8Cl2N2O3S. The first-order chi connectivity index (χ1) is 9.06. The van der Waals surface area contributed by atoms with Crippen LogP contribution in [0.4, 0.5) is 0 Å². The molecule has 0 aliphatic rings. The van der Waals surface area contributed by atoms with Crippen molar-refractivity contribution in [2.75, 3.05) is 5.75 Å². The molecule has 0 bridgehead atoms. The zero-order valence-corrected chi connectivity index (χ0v) is 11.8. The molecule has 1 N–H and O–H groups in total. The predicted molar refractivity (Wildman–Crippen MR) is 71.9 cm³/mol. The van der Waals surface area contributed by atoms with E-state index in [4.69, 9.17) is 32.8 Å². The average Bonchev–Trinajstić information content (AvgIpc) is 2.79. The highest BCUT2D eigenvalue weighted by Gasteiger charge is 2.13. The molecule has 8 heteroatoms. The lowest BCUT2D eigenvalue weighted by Gasteiger charge is -2.02. The molecule has 19 heavy (non-hydrogen) atoms. The molecule has 1 heterocycles.